The second-order valence-electron chi connectivity index (χ2n) is 7.00. The molecule has 0 aliphatic rings. The number of halogens is 1. The van der Waals surface area contributed by atoms with Crippen LogP contribution in [0.5, 0.6) is 0 Å². The van der Waals surface area contributed by atoms with E-state index in [0.29, 0.717) is 37.3 Å². The molecule has 10 heteroatoms. The summed E-state index contributed by atoms with van der Waals surface area (Å²) in [5, 5.41) is 4.02. The van der Waals surface area contributed by atoms with Gasteiger partial charge in [0.25, 0.3) is 0 Å². The maximum atomic E-state index is 11.9. The summed E-state index contributed by atoms with van der Waals surface area (Å²) in [6, 6.07) is 8.16. The molecule has 0 spiro atoms. The lowest BCUT2D eigenvalue weighted by molar-refractivity contribution is 0.143. The largest absolute Gasteiger partial charge is 0.450 e. The first-order valence-electron chi connectivity index (χ1n) is 9.60. The zero-order valence-electron chi connectivity index (χ0n) is 16.5. The van der Waals surface area contributed by atoms with Crippen LogP contribution in [-0.4, -0.2) is 36.8 Å². The van der Waals surface area contributed by atoms with Gasteiger partial charge in [-0.1, -0.05) is 6.07 Å². The fraction of sp³-hybridized carbons (Fsp3) is 0.300. The highest BCUT2D eigenvalue weighted by Crippen LogP contribution is 2.19. The van der Waals surface area contributed by atoms with Crippen LogP contribution >= 0.6 is 11.6 Å². The number of unbranched alkanes of at least 4 members (excludes halogenated alkanes) is 1. The van der Waals surface area contributed by atoms with Crippen LogP contribution in [0.1, 0.15) is 18.4 Å². The monoisotopic (exact) mass is 427 g/mol. The number of nitrogen functional groups attached to an aromatic ring is 1. The van der Waals surface area contributed by atoms with E-state index in [2.05, 4.69) is 37.0 Å². The molecule has 0 aliphatic heterocycles. The van der Waals surface area contributed by atoms with Crippen LogP contribution in [0.25, 0.3) is 22.1 Å². The number of nitrogens with two attached hydrogens (primary N) is 1. The molecular weight excluding hydrogens is 406 g/mol. The van der Waals surface area contributed by atoms with Crippen LogP contribution in [0.15, 0.2) is 36.8 Å². The van der Waals surface area contributed by atoms with Gasteiger partial charge < -0.3 is 24.9 Å². The van der Waals surface area contributed by atoms with E-state index >= 15 is 0 Å². The highest BCUT2D eigenvalue weighted by Gasteiger charge is 2.10. The third kappa shape index (κ3) is 4.30. The van der Waals surface area contributed by atoms with Gasteiger partial charge in [-0.15, -0.1) is 0 Å². The van der Waals surface area contributed by atoms with E-state index in [1.165, 1.54) is 0 Å². The normalized spacial score (nSPS) is 11.3. The Morgan fingerprint density at radius 2 is 2.13 bits per heavy atom. The number of nitrogens with one attached hydrogen (secondary N) is 1. The Kier molecular flexibility index (Phi) is 5.71. The number of alkyl carbamates (subject to hydrolysis) is 1. The number of amides is 1. The lowest BCUT2D eigenvalue weighted by Gasteiger charge is -2.08. The average Bonchev–Trinajstić information content (AvgIpc) is 3.30. The van der Waals surface area contributed by atoms with Crippen molar-refractivity contribution in [2.45, 2.75) is 25.9 Å². The standard InChI is InChI=1S/C20H22ClN7O2/c1-27-8-6-14-10-13(4-5-15(14)27)11-23-20(29)30-9-3-2-7-28-12-24-16-17(22)25-19(21)26-18(16)28/h4-6,8,10,12H,2-3,7,9,11H2,1H3,(H,23,29)(H2,22,25,26). The highest BCUT2D eigenvalue weighted by atomic mass is 35.5. The predicted molar refractivity (Wildman–Crippen MR) is 115 cm³/mol. The van der Waals surface area contributed by atoms with E-state index < -0.39 is 6.09 Å². The number of aromatic nitrogens is 5. The number of rotatable bonds is 7. The molecule has 0 saturated heterocycles. The number of nitrogens with zero attached hydrogens (tertiary/aromatic N) is 5. The molecule has 4 rings (SSSR count). The van der Waals surface area contributed by atoms with Gasteiger partial charge in [-0.3, -0.25) is 0 Å². The smallest absolute Gasteiger partial charge is 0.407 e. The molecule has 1 aromatic carbocycles. The van der Waals surface area contributed by atoms with E-state index in [1.807, 2.05) is 29.9 Å². The van der Waals surface area contributed by atoms with Gasteiger partial charge in [0.05, 0.1) is 12.9 Å². The van der Waals surface area contributed by atoms with Crippen molar-refractivity contribution in [3.05, 3.63) is 47.6 Å². The summed E-state index contributed by atoms with van der Waals surface area (Å²) in [7, 11) is 2.01. The first-order chi connectivity index (χ1) is 14.5. The van der Waals surface area contributed by atoms with Gasteiger partial charge in [0.15, 0.2) is 11.5 Å². The van der Waals surface area contributed by atoms with Crippen LogP contribution in [0.4, 0.5) is 10.6 Å². The van der Waals surface area contributed by atoms with Gasteiger partial charge in [0, 0.05) is 31.9 Å². The average molecular weight is 428 g/mol. The summed E-state index contributed by atoms with van der Waals surface area (Å²) in [6.07, 6.45) is 4.73. The zero-order chi connectivity index (χ0) is 21.1. The Morgan fingerprint density at radius 1 is 1.27 bits per heavy atom. The predicted octanol–water partition coefficient (Wildman–Crippen LogP) is 3.26. The molecule has 0 bridgehead atoms. The number of imidazole rings is 1. The molecule has 4 aromatic rings. The number of anilines is 1. The number of ether oxygens (including phenoxy) is 1. The number of carbonyl (C=O) groups excluding carboxylic acids is 1. The Hall–Kier alpha value is -3.33. The van der Waals surface area contributed by atoms with Gasteiger partial charge in [0.1, 0.15) is 5.52 Å². The summed E-state index contributed by atoms with van der Waals surface area (Å²) < 4.78 is 9.17. The number of fused-ring (bicyclic) bond motifs is 2. The second-order valence-corrected chi connectivity index (χ2v) is 7.34. The number of hydrogen-bond donors (Lipinski definition) is 2. The Morgan fingerprint density at radius 3 is 3.00 bits per heavy atom. The zero-order valence-corrected chi connectivity index (χ0v) is 17.3. The van der Waals surface area contributed by atoms with E-state index in [1.54, 1.807) is 6.33 Å². The fourth-order valence-electron chi connectivity index (χ4n) is 3.32. The molecule has 156 valence electrons. The molecule has 0 aliphatic carbocycles. The van der Waals surface area contributed by atoms with Crippen LogP contribution in [0, 0.1) is 0 Å². The minimum atomic E-state index is -0.427. The van der Waals surface area contributed by atoms with E-state index in [9.17, 15) is 4.79 Å². The van der Waals surface area contributed by atoms with Gasteiger partial charge >= 0.3 is 6.09 Å². The van der Waals surface area contributed by atoms with Gasteiger partial charge in [-0.25, -0.2) is 9.78 Å². The molecule has 9 nitrogen and oxygen atoms in total. The van der Waals surface area contributed by atoms with Gasteiger partial charge in [-0.2, -0.15) is 9.97 Å². The fourth-order valence-corrected chi connectivity index (χ4v) is 3.49. The third-order valence-corrected chi connectivity index (χ3v) is 5.05. The quantitative estimate of drug-likeness (QED) is 0.345. The summed E-state index contributed by atoms with van der Waals surface area (Å²) >= 11 is 5.87. The first-order valence-corrected chi connectivity index (χ1v) is 9.97. The maximum Gasteiger partial charge on any atom is 0.407 e. The number of aryl methyl sites for hydroxylation is 2. The molecule has 30 heavy (non-hydrogen) atoms. The summed E-state index contributed by atoms with van der Waals surface area (Å²) in [6.45, 7) is 1.41. The molecule has 0 saturated carbocycles. The lowest BCUT2D eigenvalue weighted by atomic mass is 10.1. The molecule has 1 amide bonds. The Balaban J connectivity index is 1.19. The van der Waals surface area contributed by atoms with Crippen molar-refractivity contribution in [2.75, 3.05) is 12.3 Å². The molecule has 3 N–H and O–H groups in total. The van der Waals surface area contributed by atoms with Crippen molar-refractivity contribution in [1.29, 1.82) is 0 Å². The second kappa shape index (κ2) is 8.58. The molecule has 0 fully saturated rings. The Bertz CT molecular complexity index is 1200. The van der Waals surface area contributed by atoms with Crippen LogP contribution in [0.2, 0.25) is 5.28 Å². The topological polar surface area (TPSA) is 113 Å². The van der Waals surface area contributed by atoms with Crippen molar-refractivity contribution in [3.63, 3.8) is 0 Å². The van der Waals surface area contributed by atoms with Crippen LogP contribution in [-0.2, 0) is 24.9 Å². The first kappa shape index (κ1) is 20.0. The van der Waals surface area contributed by atoms with Gasteiger partial charge in [-0.05, 0) is 53.6 Å². The van der Waals surface area contributed by atoms with Crippen molar-refractivity contribution >= 4 is 45.6 Å². The Labute approximate surface area is 177 Å². The van der Waals surface area contributed by atoms with E-state index in [4.69, 9.17) is 22.1 Å². The van der Waals surface area contributed by atoms with E-state index in [0.717, 1.165) is 22.9 Å². The number of hydrogen-bond acceptors (Lipinski definition) is 6. The molecule has 0 atom stereocenters. The molecule has 3 heterocycles. The van der Waals surface area contributed by atoms with E-state index in [-0.39, 0.29) is 11.1 Å². The molecule has 0 unspecified atom stereocenters. The van der Waals surface area contributed by atoms with Crippen molar-refractivity contribution in [2.24, 2.45) is 7.05 Å². The molecule has 0 radical (unpaired) electrons. The van der Waals surface area contributed by atoms with Crippen molar-refractivity contribution < 1.29 is 9.53 Å². The van der Waals surface area contributed by atoms with Crippen molar-refractivity contribution in [1.82, 2.24) is 29.4 Å². The van der Waals surface area contributed by atoms with Crippen LogP contribution < -0.4 is 11.1 Å². The lowest BCUT2D eigenvalue weighted by Crippen LogP contribution is -2.24. The minimum absolute atomic E-state index is 0.0909. The minimum Gasteiger partial charge on any atom is -0.450 e. The van der Waals surface area contributed by atoms with Crippen molar-refractivity contribution in [3.8, 4) is 0 Å². The van der Waals surface area contributed by atoms with Crippen LogP contribution in [0.3, 0.4) is 0 Å². The maximum absolute atomic E-state index is 11.9. The summed E-state index contributed by atoms with van der Waals surface area (Å²) in [5.74, 6) is 0.259. The summed E-state index contributed by atoms with van der Waals surface area (Å²) in [5.41, 5.74) is 9.11. The van der Waals surface area contributed by atoms with Gasteiger partial charge in [0.2, 0.25) is 5.28 Å². The number of benzene rings is 1. The SMILES string of the molecule is Cn1ccc2cc(CNC(=O)OCCCCn3cnc4c(N)nc(Cl)nc43)ccc21. The highest BCUT2D eigenvalue weighted by molar-refractivity contribution is 6.28. The summed E-state index contributed by atoms with van der Waals surface area (Å²) in [4.78, 5) is 24.2. The number of carbonyl (C=O) groups is 1. The third-order valence-electron chi connectivity index (χ3n) is 4.88. The molecule has 3 aromatic heterocycles. The molecular formula is C20H22ClN7O2.